The number of hydrogen-bond donors (Lipinski definition) is 5. The number of nitrogens with two attached hydrogens (primary N) is 2. The van der Waals surface area contributed by atoms with Crippen LogP contribution in [0, 0.1) is 5.92 Å². The van der Waals surface area contributed by atoms with Crippen molar-refractivity contribution in [3.8, 4) is 11.4 Å². The number of aryl methyl sites for hydroxylation is 1. The highest BCUT2D eigenvalue weighted by Gasteiger charge is 2.25. The summed E-state index contributed by atoms with van der Waals surface area (Å²) in [4.78, 5) is 2.41. The minimum atomic E-state index is -0.572. The summed E-state index contributed by atoms with van der Waals surface area (Å²) in [6.45, 7) is 4.48. The Morgan fingerprint density at radius 1 is 1.24 bits per heavy atom. The first-order chi connectivity index (χ1) is 16.2. The Hall–Kier alpha value is -2.86. The molecule has 3 aromatic rings. The first-order valence-corrected chi connectivity index (χ1v) is 11.6. The van der Waals surface area contributed by atoms with Crippen LogP contribution in [0.5, 0.6) is 0 Å². The van der Waals surface area contributed by atoms with Crippen LogP contribution in [0.1, 0.15) is 30.4 Å². The lowest BCUT2D eigenvalue weighted by molar-refractivity contribution is 0.179. The molecule has 0 radical (unpaired) electrons. The molecule has 0 amide bonds. The molecule has 11 heteroatoms. The van der Waals surface area contributed by atoms with Gasteiger partial charge in [0.25, 0.3) is 0 Å². The Morgan fingerprint density at radius 2 is 2.09 bits per heavy atom. The van der Waals surface area contributed by atoms with Gasteiger partial charge in [0.2, 0.25) is 5.82 Å². The summed E-state index contributed by atoms with van der Waals surface area (Å²) in [5.74, 6) is 1.24. The predicted octanol–water partition coefficient (Wildman–Crippen LogP) is 0.238. The topological polar surface area (TPSA) is 160 Å². The summed E-state index contributed by atoms with van der Waals surface area (Å²) < 4.78 is 2.01. The maximum atomic E-state index is 9.74. The molecule has 0 bridgehead atoms. The molecule has 0 spiro atoms. The average Bonchev–Trinajstić information content (AvgIpc) is 3.57. The summed E-state index contributed by atoms with van der Waals surface area (Å²) in [6.07, 6.45) is 6.68. The standard InChI is InChI=1S/C22H34N10O/c23-12-18(33)15-25-14-17-2-3-20(21(19(17)13-24)22-27-29-30-28-22)31-9-4-16(5-10-31)6-11-32-8-1-7-26-32/h1-3,7-8,16,18,25,33H,4-6,9-15,23-24H2,(H,27,28,29,30)/t18-/m1/s1. The fourth-order valence-electron chi connectivity index (χ4n) is 4.53. The molecule has 1 aliphatic heterocycles. The zero-order valence-electron chi connectivity index (χ0n) is 18.9. The van der Waals surface area contributed by atoms with E-state index >= 15 is 0 Å². The van der Waals surface area contributed by atoms with Crippen molar-refractivity contribution in [1.82, 2.24) is 35.7 Å². The summed E-state index contributed by atoms with van der Waals surface area (Å²) in [5.41, 5.74) is 15.8. The lowest BCUT2D eigenvalue weighted by Gasteiger charge is -2.35. The molecule has 0 aliphatic carbocycles. The van der Waals surface area contributed by atoms with Crippen LogP contribution in [-0.4, -0.2) is 67.8 Å². The highest BCUT2D eigenvalue weighted by molar-refractivity contribution is 5.79. The first-order valence-electron chi connectivity index (χ1n) is 11.6. The van der Waals surface area contributed by atoms with Gasteiger partial charge < -0.3 is 26.8 Å². The van der Waals surface area contributed by atoms with Crippen LogP contribution >= 0.6 is 0 Å². The maximum Gasteiger partial charge on any atom is 0.207 e. The van der Waals surface area contributed by atoms with Gasteiger partial charge in [0.05, 0.1) is 11.7 Å². The van der Waals surface area contributed by atoms with Crippen LogP contribution in [0.3, 0.4) is 0 Å². The molecule has 0 saturated carbocycles. The fraction of sp³-hybridized carbons (Fsp3) is 0.545. The van der Waals surface area contributed by atoms with E-state index < -0.39 is 6.10 Å². The largest absolute Gasteiger partial charge is 0.390 e. The van der Waals surface area contributed by atoms with Gasteiger partial charge in [-0.05, 0) is 53.7 Å². The van der Waals surface area contributed by atoms with Crippen molar-refractivity contribution < 1.29 is 5.11 Å². The fourth-order valence-corrected chi connectivity index (χ4v) is 4.53. The van der Waals surface area contributed by atoms with E-state index in [9.17, 15) is 5.11 Å². The Bertz CT molecular complexity index is 967. The number of nitrogens with zero attached hydrogens (tertiary/aromatic N) is 6. The van der Waals surface area contributed by atoms with E-state index in [0.29, 0.717) is 31.4 Å². The van der Waals surface area contributed by atoms with Gasteiger partial charge in [0, 0.05) is 63.9 Å². The summed E-state index contributed by atoms with van der Waals surface area (Å²) in [7, 11) is 0. The first kappa shape index (κ1) is 23.3. The highest BCUT2D eigenvalue weighted by atomic mass is 16.3. The molecule has 1 saturated heterocycles. The number of tetrazole rings is 1. The quantitative estimate of drug-likeness (QED) is 0.273. The van der Waals surface area contributed by atoms with E-state index in [0.717, 1.165) is 61.3 Å². The second-order valence-electron chi connectivity index (χ2n) is 8.55. The summed E-state index contributed by atoms with van der Waals surface area (Å²) in [5, 5.41) is 32.2. The number of anilines is 1. The number of aromatic amines is 1. The molecule has 1 aliphatic rings. The minimum Gasteiger partial charge on any atom is -0.390 e. The number of benzene rings is 1. The number of hydrogen-bond acceptors (Lipinski definition) is 9. The second kappa shape index (κ2) is 11.3. The third kappa shape index (κ3) is 5.74. The minimum absolute atomic E-state index is 0.224. The molecule has 33 heavy (non-hydrogen) atoms. The van der Waals surface area contributed by atoms with Gasteiger partial charge in [-0.15, -0.1) is 10.2 Å². The van der Waals surface area contributed by atoms with E-state index in [1.807, 2.05) is 23.1 Å². The van der Waals surface area contributed by atoms with Crippen LogP contribution < -0.4 is 21.7 Å². The normalized spacial score (nSPS) is 15.8. The molecule has 2 aromatic heterocycles. The van der Waals surface area contributed by atoms with Crippen LogP contribution in [0.4, 0.5) is 5.69 Å². The molecular formula is C22H34N10O. The van der Waals surface area contributed by atoms with Gasteiger partial charge in [-0.25, -0.2) is 0 Å². The van der Waals surface area contributed by atoms with Crippen LogP contribution in [-0.2, 0) is 19.6 Å². The van der Waals surface area contributed by atoms with Gasteiger partial charge in [-0.3, -0.25) is 4.68 Å². The number of aliphatic hydroxyl groups is 1. The van der Waals surface area contributed by atoms with E-state index in [-0.39, 0.29) is 6.54 Å². The van der Waals surface area contributed by atoms with Gasteiger partial charge in [-0.2, -0.15) is 10.3 Å². The lowest BCUT2D eigenvalue weighted by atomic mass is 9.91. The van der Waals surface area contributed by atoms with E-state index in [1.165, 1.54) is 0 Å². The third-order valence-electron chi connectivity index (χ3n) is 6.41. The van der Waals surface area contributed by atoms with Gasteiger partial charge >= 0.3 is 0 Å². The average molecular weight is 455 g/mol. The number of aromatic nitrogens is 6. The number of rotatable bonds is 11. The van der Waals surface area contributed by atoms with Gasteiger partial charge in [-0.1, -0.05) is 6.07 Å². The van der Waals surface area contributed by atoms with Crippen molar-refractivity contribution >= 4 is 5.69 Å². The molecule has 11 nitrogen and oxygen atoms in total. The SMILES string of the molecule is NCc1c(CNC[C@H](O)CN)ccc(N2CCC(CCn3cccn3)CC2)c1-c1nn[nH]n1. The van der Waals surface area contributed by atoms with Gasteiger partial charge in [0.15, 0.2) is 0 Å². The Balaban J connectivity index is 1.49. The zero-order chi connectivity index (χ0) is 23.0. The number of piperidine rings is 1. The molecule has 1 atom stereocenters. The molecule has 3 heterocycles. The van der Waals surface area contributed by atoms with E-state index in [2.05, 4.69) is 48.1 Å². The van der Waals surface area contributed by atoms with Crippen molar-refractivity contribution in [3.63, 3.8) is 0 Å². The van der Waals surface area contributed by atoms with Crippen LogP contribution in [0.2, 0.25) is 0 Å². The molecule has 1 aromatic carbocycles. The lowest BCUT2D eigenvalue weighted by Crippen LogP contribution is -2.35. The summed E-state index contributed by atoms with van der Waals surface area (Å²) >= 11 is 0. The van der Waals surface area contributed by atoms with Crippen molar-refractivity contribution in [2.75, 3.05) is 31.1 Å². The maximum absolute atomic E-state index is 9.74. The van der Waals surface area contributed by atoms with Crippen molar-refractivity contribution in [3.05, 3.63) is 41.7 Å². The monoisotopic (exact) mass is 454 g/mol. The summed E-state index contributed by atoms with van der Waals surface area (Å²) in [6, 6.07) is 6.20. The molecule has 4 rings (SSSR count). The van der Waals surface area contributed by atoms with Crippen molar-refractivity contribution in [2.45, 2.75) is 45.0 Å². The number of nitrogens with one attached hydrogen (secondary N) is 2. The second-order valence-corrected chi connectivity index (χ2v) is 8.55. The Labute approximate surface area is 193 Å². The zero-order valence-corrected chi connectivity index (χ0v) is 18.9. The van der Waals surface area contributed by atoms with Crippen molar-refractivity contribution in [1.29, 1.82) is 0 Å². The number of H-pyrrole nitrogens is 1. The van der Waals surface area contributed by atoms with E-state index in [1.54, 1.807) is 0 Å². The van der Waals surface area contributed by atoms with Crippen molar-refractivity contribution in [2.24, 2.45) is 17.4 Å². The highest BCUT2D eigenvalue weighted by Crippen LogP contribution is 2.36. The smallest absolute Gasteiger partial charge is 0.207 e. The predicted molar refractivity (Wildman–Crippen MR) is 126 cm³/mol. The Morgan fingerprint density at radius 3 is 2.76 bits per heavy atom. The Kier molecular flexibility index (Phi) is 8.00. The van der Waals surface area contributed by atoms with Gasteiger partial charge in [0.1, 0.15) is 0 Å². The van der Waals surface area contributed by atoms with Crippen LogP contribution in [0.25, 0.3) is 11.4 Å². The molecule has 7 N–H and O–H groups in total. The van der Waals surface area contributed by atoms with Crippen LogP contribution in [0.15, 0.2) is 30.6 Å². The van der Waals surface area contributed by atoms with E-state index in [4.69, 9.17) is 11.5 Å². The third-order valence-corrected chi connectivity index (χ3v) is 6.41. The molecule has 0 unspecified atom stereocenters. The number of aliphatic hydroxyl groups excluding tert-OH is 1. The molecule has 1 fully saturated rings. The molecular weight excluding hydrogens is 420 g/mol. The molecule has 178 valence electrons.